The highest BCUT2D eigenvalue weighted by Crippen LogP contribution is 2.27. The number of rotatable bonds is 5. The van der Waals surface area contributed by atoms with Crippen molar-refractivity contribution in [3.8, 4) is 17.5 Å². The Kier molecular flexibility index (Phi) is 5.23. The minimum absolute atomic E-state index is 0.142. The smallest absolute Gasteiger partial charge is 0.278 e. The molecule has 2 heterocycles. The summed E-state index contributed by atoms with van der Waals surface area (Å²) in [7, 11) is 3.03. The van der Waals surface area contributed by atoms with Gasteiger partial charge in [-0.15, -0.1) is 0 Å². The molecule has 0 bridgehead atoms. The van der Waals surface area contributed by atoms with Crippen molar-refractivity contribution in [2.75, 3.05) is 27.3 Å². The number of amides is 1. The Morgan fingerprint density at radius 3 is 2.68 bits per heavy atom. The fourth-order valence-electron chi connectivity index (χ4n) is 2.72. The van der Waals surface area contributed by atoms with Crippen LogP contribution in [0.4, 0.5) is 0 Å². The topological polar surface area (TPSA) is 73.8 Å². The van der Waals surface area contributed by atoms with E-state index in [0.29, 0.717) is 47.6 Å². The third kappa shape index (κ3) is 3.76. The first-order valence-electron chi connectivity index (χ1n) is 7.77. The normalized spacial score (nSPS) is 16.6. The lowest BCUT2D eigenvalue weighted by Crippen LogP contribution is -2.31. The molecule has 1 atom stereocenters. The summed E-state index contributed by atoms with van der Waals surface area (Å²) >= 11 is 6.01. The first-order valence-corrected chi connectivity index (χ1v) is 8.14. The van der Waals surface area contributed by atoms with Crippen molar-refractivity contribution in [2.24, 2.45) is 0 Å². The van der Waals surface area contributed by atoms with Gasteiger partial charge in [-0.05, 0) is 18.2 Å². The van der Waals surface area contributed by atoms with Gasteiger partial charge < -0.3 is 19.1 Å². The Balaban J connectivity index is 1.70. The number of carbonyl (C=O) groups excluding carboxylic acids is 1. The molecule has 0 aliphatic carbocycles. The van der Waals surface area contributed by atoms with Gasteiger partial charge in [0.25, 0.3) is 17.7 Å². The summed E-state index contributed by atoms with van der Waals surface area (Å²) in [5.41, 5.74) is 0.438. The van der Waals surface area contributed by atoms with Crippen LogP contribution in [0.1, 0.15) is 16.8 Å². The number of nitrogens with zero attached hydrogens (tertiary/aromatic N) is 3. The van der Waals surface area contributed by atoms with Crippen molar-refractivity contribution in [3.05, 3.63) is 41.2 Å². The fourth-order valence-corrected chi connectivity index (χ4v) is 2.89. The highest BCUT2D eigenvalue weighted by atomic mass is 35.5. The third-order valence-corrected chi connectivity index (χ3v) is 4.16. The number of halogens is 1. The van der Waals surface area contributed by atoms with Gasteiger partial charge in [0.2, 0.25) is 0 Å². The first kappa shape index (κ1) is 17.3. The Bertz CT molecular complexity index is 771. The zero-order valence-electron chi connectivity index (χ0n) is 13.9. The Hall–Kier alpha value is -2.54. The largest absolute Gasteiger partial charge is 0.496 e. The van der Waals surface area contributed by atoms with Crippen LogP contribution in [0.15, 0.2) is 30.6 Å². The summed E-state index contributed by atoms with van der Waals surface area (Å²) in [6, 6.07) is 4.99. The molecule has 7 nitrogen and oxygen atoms in total. The van der Waals surface area contributed by atoms with Gasteiger partial charge in [0.1, 0.15) is 11.9 Å². The van der Waals surface area contributed by atoms with E-state index >= 15 is 0 Å². The van der Waals surface area contributed by atoms with Gasteiger partial charge in [0.15, 0.2) is 0 Å². The van der Waals surface area contributed by atoms with E-state index in [1.54, 1.807) is 23.1 Å². The molecule has 1 aliphatic heterocycles. The van der Waals surface area contributed by atoms with E-state index in [4.69, 9.17) is 25.8 Å². The predicted octanol–water partition coefficient (Wildman–Crippen LogP) is 2.44. The minimum atomic E-state index is -0.181. The lowest BCUT2D eigenvalue weighted by Gasteiger charge is -2.18. The second-order valence-electron chi connectivity index (χ2n) is 5.50. The average Bonchev–Trinajstić information content (AvgIpc) is 3.10. The van der Waals surface area contributed by atoms with Crippen LogP contribution in [0.25, 0.3) is 0 Å². The molecule has 8 heteroatoms. The van der Waals surface area contributed by atoms with Gasteiger partial charge in [0, 0.05) is 30.4 Å². The number of hydrogen-bond acceptors (Lipinski definition) is 6. The molecule has 1 saturated heterocycles. The van der Waals surface area contributed by atoms with Crippen molar-refractivity contribution >= 4 is 17.5 Å². The van der Waals surface area contributed by atoms with Crippen molar-refractivity contribution in [2.45, 2.75) is 12.5 Å². The lowest BCUT2D eigenvalue weighted by molar-refractivity contribution is 0.0767. The van der Waals surface area contributed by atoms with E-state index in [-0.39, 0.29) is 12.0 Å². The number of carbonyl (C=O) groups is 1. The molecule has 25 heavy (non-hydrogen) atoms. The minimum Gasteiger partial charge on any atom is -0.496 e. The summed E-state index contributed by atoms with van der Waals surface area (Å²) in [6.45, 7) is 1.01. The number of benzene rings is 1. The number of hydrogen-bond donors (Lipinski definition) is 0. The summed E-state index contributed by atoms with van der Waals surface area (Å²) in [6.07, 6.45) is 3.57. The summed E-state index contributed by atoms with van der Waals surface area (Å²) in [5, 5.41) is 0.487. The van der Waals surface area contributed by atoms with Crippen molar-refractivity contribution in [1.29, 1.82) is 0 Å². The molecule has 0 saturated carbocycles. The van der Waals surface area contributed by atoms with Crippen molar-refractivity contribution < 1.29 is 19.0 Å². The standard InChI is InChI=1S/C17H18ClN3O4/c1-23-14-4-3-11(18)9-13(14)17(22)21-8-5-12(10-21)25-16-15(24-2)19-6-7-20-16/h3-4,6-7,9,12H,5,8,10H2,1-2H3. The van der Waals surface area contributed by atoms with Crippen LogP contribution in [-0.2, 0) is 0 Å². The molecule has 132 valence electrons. The zero-order chi connectivity index (χ0) is 17.8. The molecule has 1 unspecified atom stereocenters. The maximum Gasteiger partial charge on any atom is 0.278 e. The van der Waals surface area contributed by atoms with Crippen LogP contribution in [0.3, 0.4) is 0 Å². The summed E-state index contributed by atoms with van der Waals surface area (Å²) in [4.78, 5) is 22.7. The van der Waals surface area contributed by atoms with Gasteiger partial charge in [-0.2, -0.15) is 0 Å². The highest BCUT2D eigenvalue weighted by molar-refractivity contribution is 6.31. The van der Waals surface area contributed by atoms with Gasteiger partial charge >= 0.3 is 0 Å². The molecule has 1 aromatic carbocycles. The Labute approximate surface area is 150 Å². The third-order valence-electron chi connectivity index (χ3n) is 3.93. The molecule has 3 rings (SSSR count). The summed E-state index contributed by atoms with van der Waals surface area (Å²) < 4.78 is 16.2. The van der Waals surface area contributed by atoms with Crippen LogP contribution in [0.2, 0.25) is 5.02 Å². The lowest BCUT2D eigenvalue weighted by atomic mass is 10.1. The first-order chi connectivity index (χ1) is 12.1. The maximum absolute atomic E-state index is 12.8. The quantitative estimate of drug-likeness (QED) is 0.812. The molecule has 0 radical (unpaired) electrons. The van der Waals surface area contributed by atoms with Gasteiger partial charge in [-0.1, -0.05) is 11.6 Å². The van der Waals surface area contributed by atoms with E-state index in [2.05, 4.69) is 9.97 Å². The number of likely N-dealkylation sites (tertiary alicyclic amines) is 1. The van der Waals surface area contributed by atoms with Crippen molar-refractivity contribution in [1.82, 2.24) is 14.9 Å². The molecule has 1 fully saturated rings. The molecular formula is C17H18ClN3O4. The van der Waals surface area contributed by atoms with Gasteiger partial charge in [0.05, 0.1) is 26.3 Å². The molecule has 1 aliphatic rings. The Morgan fingerprint density at radius 1 is 1.20 bits per heavy atom. The van der Waals surface area contributed by atoms with Crippen LogP contribution in [-0.4, -0.2) is 54.2 Å². The average molecular weight is 364 g/mol. The molecule has 2 aromatic rings. The second-order valence-corrected chi connectivity index (χ2v) is 5.93. The molecule has 0 N–H and O–H groups in total. The van der Waals surface area contributed by atoms with E-state index in [1.165, 1.54) is 26.6 Å². The van der Waals surface area contributed by atoms with Crippen LogP contribution >= 0.6 is 11.6 Å². The molecule has 1 aromatic heterocycles. The van der Waals surface area contributed by atoms with E-state index < -0.39 is 0 Å². The van der Waals surface area contributed by atoms with Gasteiger partial charge in [-0.25, -0.2) is 9.97 Å². The van der Waals surface area contributed by atoms with Gasteiger partial charge in [-0.3, -0.25) is 4.79 Å². The van der Waals surface area contributed by atoms with Crippen molar-refractivity contribution in [3.63, 3.8) is 0 Å². The number of aromatic nitrogens is 2. The summed E-state index contributed by atoms with van der Waals surface area (Å²) in [5.74, 6) is 0.999. The highest BCUT2D eigenvalue weighted by Gasteiger charge is 2.30. The van der Waals surface area contributed by atoms with Crippen LogP contribution in [0.5, 0.6) is 17.5 Å². The van der Waals surface area contributed by atoms with E-state index in [9.17, 15) is 4.79 Å². The molecule has 0 spiro atoms. The fraction of sp³-hybridized carbons (Fsp3) is 0.353. The number of methoxy groups -OCH3 is 2. The zero-order valence-corrected chi connectivity index (χ0v) is 14.7. The Morgan fingerprint density at radius 2 is 1.96 bits per heavy atom. The second kappa shape index (κ2) is 7.57. The van der Waals surface area contributed by atoms with E-state index in [0.717, 1.165) is 0 Å². The maximum atomic E-state index is 12.8. The number of ether oxygens (including phenoxy) is 3. The van der Waals surface area contributed by atoms with Crippen LogP contribution in [0, 0.1) is 0 Å². The molecular weight excluding hydrogens is 346 g/mol. The predicted molar refractivity (Wildman–Crippen MR) is 91.5 cm³/mol. The SMILES string of the molecule is COc1ccc(Cl)cc1C(=O)N1CCC(Oc2nccnc2OC)C1. The van der Waals surface area contributed by atoms with E-state index in [1.807, 2.05) is 0 Å². The monoisotopic (exact) mass is 363 g/mol. The van der Waals surface area contributed by atoms with Crippen LogP contribution < -0.4 is 14.2 Å². The molecule has 1 amide bonds.